The molecule has 0 spiro atoms. The van der Waals surface area contributed by atoms with Gasteiger partial charge in [0.2, 0.25) is 5.91 Å². The molecule has 176 valence electrons. The standard InChI is InChI=1S/C25H21Cl3N2O4/c26-17-5-3-16(4-6-17)14-30-21-13-19(8-10-23(21)34-15-25(30)32)29-24(31)2-1-11-33-22-9-7-18(27)12-20(22)28/h3-10,12-13H,1-2,11,14-15H2,(H,29,31). The van der Waals surface area contributed by atoms with Crippen LogP contribution in [-0.4, -0.2) is 25.0 Å². The predicted molar refractivity (Wildman–Crippen MR) is 134 cm³/mol. The third kappa shape index (κ3) is 6.14. The molecular weight excluding hydrogens is 499 g/mol. The first kappa shape index (κ1) is 24.2. The van der Waals surface area contributed by atoms with Crippen LogP contribution < -0.4 is 19.7 Å². The van der Waals surface area contributed by atoms with Gasteiger partial charge in [0.1, 0.15) is 11.5 Å². The fraction of sp³-hybridized carbons (Fsp3) is 0.200. The minimum Gasteiger partial charge on any atom is -0.492 e. The number of nitrogens with one attached hydrogen (secondary N) is 1. The van der Waals surface area contributed by atoms with Crippen LogP contribution in [-0.2, 0) is 16.1 Å². The topological polar surface area (TPSA) is 67.9 Å². The highest BCUT2D eigenvalue weighted by molar-refractivity contribution is 6.35. The Bertz CT molecular complexity index is 1200. The molecule has 3 aromatic rings. The lowest BCUT2D eigenvalue weighted by molar-refractivity contribution is -0.121. The van der Waals surface area contributed by atoms with Crippen LogP contribution in [0.1, 0.15) is 18.4 Å². The molecule has 0 fully saturated rings. The third-order valence-electron chi connectivity index (χ3n) is 5.14. The van der Waals surface area contributed by atoms with E-state index in [9.17, 15) is 9.59 Å². The van der Waals surface area contributed by atoms with Crippen molar-refractivity contribution in [3.63, 3.8) is 0 Å². The first-order valence-corrected chi connectivity index (χ1v) is 11.7. The Morgan fingerprint density at radius 2 is 1.76 bits per heavy atom. The normalized spacial score (nSPS) is 12.7. The van der Waals surface area contributed by atoms with Gasteiger partial charge in [-0.2, -0.15) is 0 Å². The number of anilines is 2. The molecule has 0 atom stereocenters. The van der Waals surface area contributed by atoms with Crippen molar-refractivity contribution in [3.05, 3.63) is 81.3 Å². The molecule has 2 amide bonds. The lowest BCUT2D eigenvalue weighted by atomic mass is 10.1. The zero-order valence-electron chi connectivity index (χ0n) is 18.0. The van der Waals surface area contributed by atoms with Crippen LogP contribution in [0.4, 0.5) is 11.4 Å². The summed E-state index contributed by atoms with van der Waals surface area (Å²) in [6, 6.07) is 17.5. The van der Waals surface area contributed by atoms with E-state index >= 15 is 0 Å². The molecule has 0 aliphatic carbocycles. The monoisotopic (exact) mass is 518 g/mol. The Hall–Kier alpha value is -2.93. The molecule has 0 saturated carbocycles. The summed E-state index contributed by atoms with van der Waals surface area (Å²) in [4.78, 5) is 26.6. The Morgan fingerprint density at radius 3 is 2.53 bits per heavy atom. The second-order valence-corrected chi connectivity index (χ2v) is 8.93. The van der Waals surface area contributed by atoms with Gasteiger partial charge in [-0.05, 0) is 60.5 Å². The van der Waals surface area contributed by atoms with Crippen LogP contribution in [0.2, 0.25) is 15.1 Å². The van der Waals surface area contributed by atoms with Gasteiger partial charge in [0, 0.05) is 22.2 Å². The van der Waals surface area contributed by atoms with Gasteiger partial charge >= 0.3 is 0 Å². The number of benzene rings is 3. The number of halogens is 3. The van der Waals surface area contributed by atoms with Crippen molar-refractivity contribution in [2.24, 2.45) is 0 Å². The van der Waals surface area contributed by atoms with Gasteiger partial charge in [-0.15, -0.1) is 0 Å². The van der Waals surface area contributed by atoms with Crippen molar-refractivity contribution in [1.82, 2.24) is 0 Å². The molecule has 0 radical (unpaired) electrons. The predicted octanol–water partition coefficient (Wildman–Crippen LogP) is 6.37. The lowest BCUT2D eigenvalue weighted by Gasteiger charge is -2.30. The maximum absolute atomic E-state index is 12.6. The number of amides is 2. The molecule has 0 aromatic heterocycles. The molecular formula is C25H21Cl3N2O4. The van der Waals surface area contributed by atoms with Crippen LogP contribution in [0.25, 0.3) is 0 Å². The van der Waals surface area contributed by atoms with Crippen molar-refractivity contribution >= 4 is 58.0 Å². The van der Waals surface area contributed by atoms with Gasteiger partial charge in [-0.25, -0.2) is 0 Å². The fourth-order valence-electron chi connectivity index (χ4n) is 3.46. The summed E-state index contributed by atoms with van der Waals surface area (Å²) in [5.74, 6) is 0.772. The number of carbonyl (C=O) groups excluding carboxylic acids is 2. The van der Waals surface area contributed by atoms with Crippen LogP contribution >= 0.6 is 34.8 Å². The van der Waals surface area contributed by atoms with Crippen molar-refractivity contribution < 1.29 is 19.1 Å². The van der Waals surface area contributed by atoms with Crippen molar-refractivity contribution in [1.29, 1.82) is 0 Å². The highest BCUT2D eigenvalue weighted by Crippen LogP contribution is 2.35. The molecule has 4 rings (SSSR count). The molecule has 0 unspecified atom stereocenters. The summed E-state index contributed by atoms with van der Waals surface area (Å²) >= 11 is 17.9. The van der Waals surface area contributed by atoms with Crippen LogP contribution in [0, 0.1) is 0 Å². The zero-order chi connectivity index (χ0) is 24.1. The Morgan fingerprint density at radius 1 is 1.00 bits per heavy atom. The molecule has 1 heterocycles. The van der Waals surface area contributed by atoms with Gasteiger partial charge in [0.05, 0.1) is 23.9 Å². The average molecular weight is 520 g/mol. The Labute approximate surface area is 212 Å². The van der Waals surface area contributed by atoms with Gasteiger partial charge in [-0.3, -0.25) is 9.59 Å². The van der Waals surface area contributed by atoms with Gasteiger partial charge < -0.3 is 19.7 Å². The summed E-state index contributed by atoms with van der Waals surface area (Å²) in [5, 5.41) is 4.45. The van der Waals surface area contributed by atoms with Gasteiger partial charge in [0.25, 0.3) is 5.91 Å². The van der Waals surface area contributed by atoms with Gasteiger partial charge in [0.15, 0.2) is 6.61 Å². The summed E-state index contributed by atoms with van der Waals surface area (Å²) in [6.45, 7) is 0.661. The molecule has 6 nitrogen and oxygen atoms in total. The smallest absolute Gasteiger partial charge is 0.265 e. The van der Waals surface area contributed by atoms with E-state index < -0.39 is 0 Å². The molecule has 1 aliphatic heterocycles. The first-order valence-electron chi connectivity index (χ1n) is 10.6. The quantitative estimate of drug-likeness (QED) is 0.351. The molecule has 34 heavy (non-hydrogen) atoms. The number of rotatable bonds is 8. The van der Waals surface area contributed by atoms with Crippen molar-refractivity contribution in [2.75, 3.05) is 23.4 Å². The highest BCUT2D eigenvalue weighted by Gasteiger charge is 2.26. The van der Waals surface area contributed by atoms with E-state index in [0.717, 1.165) is 5.56 Å². The molecule has 0 saturated heterocycles. The molecule has 0 bridgehead atoms. The summed E-state index contributed by atoms with van der Waals surface area (Å²) in [5.41, 5.74) is 2.11. The number of carbonyl (C=O) groups is 2. The molecule has 1 N–H and O–H groups in total. The maximum atomic E-state index is 12.6. The van der Waals surface area contributed by atoms with Gasteiger partial charge in [-0.1, -0.05) is 46.9 Å². The number of hydrogen-bond acceptors (Lipinski definition) is 4. The SMILES string of the molecule is O=C(CCCOc1ccc(Cl)cc1Cl)Nc1ccc2c(c1)N(Cc1ccc(Cl)cc1)C(=O)CO2. The second-order valence-electron chi connectivity index (χ2n) is 7.65. The summed E-state index contributed by atoms with van der Waals surface area (Å²) in [7, 11) is 0. The Balaban J connectivity index is 1.35. The minimum atomic E-state index is -0.168. The van der Waals surface area contributed by atoms with Crippen LogP contribution in [0.5, 0.6) is 11.5 Å². The molecule has 9 heteroatoms. The molecule has 3 aromatic carbocycles. The minimum absolute atomic E-state index is 0.0378. The number of hydrogen-bond donors (Lipinski definition) is 1. The highest BCUT2D eigenvalue weighted by atomic mass is 35.5. The van der Waals surface area contributed by atoms with Crippen LogP contribution in [0.3, 0.4) is 0 Å². The van der Waals surface area contributed by atoms with E-state index in [2.05, 4.69) is 5.32 Å². The average Bonchev–Trinajstić information content (AvgIpc) is 2.81. The fourth-order valence-corrected chi connectivity index (χ4v) is 4.05. The van der Waals surface area contributed by atoms with E-state index in [-0.39, 0.29) is 24.8 Å². The van der Waals surface area contributed by atoms with Crippen molar-refractivity contribution in [3.8, 4) is 11.5 Å². The second kappa shape index (κ2) is 11.0. The zero-order valence-corrected chi connectivity index (χ0v) is 20.3. The summed E-state index contributed by atoms with van der Waals surface area (Å²) < 4.78 is 11.2. The van der Waals surface area contributed by atoms with E-state index in [1.807, 2.05) is 12.1 Å². The van der Waals surface area contributed by atoms with E-state index in [1.165, 1.54) is 0 Å². The molecule has 1 aliphatic rings. The largest absolute Gasteiger partial charge is 0.492 e. The maximum Gasteiger partial charge on any atom is 0.265 e. The lowest BCUT2D eigenvalue weighted by Crippen LogP contribution is -2.38. The van der Waals surface area contributed by atoms with E-state index in [4.69, 9.17) is 44.3 Å². The van der Waals surface area contributed by atoms with Crippen molar-refractivity contribution in [2.45, 2.75) is 19.4 Å². The van der Waals surface area contributed by atoms with E-state index in [0.29, 0.717) is 57.5 Å². The summed E-state index contributed by atoms with van der Waals surface area (Å²) in [6.07, 6.45) is 0.756. The van der Waals surface area contributed by atoms with E-state index in [1.54, 1.807) is 53.4 Å². The first-order chi connectivity index (χ1) is 16.4. The number of fused-ring (bicyclic) bond motifs is 1. The Kier molecular flexibility index (Phi) is 7.83. The number of ether oxygens (including phenoxy) is 2. The third-order valence-corrected chi connectivity index (χ3v) is 5.92. The number of nitrogens with zero attached hydrogens (tertiary/aromatic N) is 1. The van der Waals surface area contributed by atoms with Crippen LogP contribution in [0.15, 0.2) is 60.7 Å².